The van der Waals surface area contributed by atoms with Gasteiger partial charge in [0.15, 0.2) is 17.4 Å². The number of aliphatic hydroxyl groups excluding tert-OH is 2. The summed E-state index contributed by atoms with van der Waals surface area (Å²) in [4.78, 5) is 20.5. The van der Waals surface area contributed by atoms with Gasteiger partial charge in [0.25, 0.3) is 5.56 Å². The van der Waals surface area contributed by atoms with E-state index in [4.69, 9.17) is 19.9 Å². The lowest BCUT2D eigenvalue weighted by atomic mass is 10.1. The second-order valence-electron chi connectivity index (χ2n) is 5.72. The van der Waals surface area contributed by atoms with Gasteiger partial charge in [-0.1, -0.05) is 0 Å². The van der Waals surface area contributed by atoms with Crippen molar-refractivity contribution in [3.63, 3.8) is 0 Å². The second kappa shape index (κ2) is 7.06. The number of aliphatic hydroxyl groups is 2. The van der Waals surface area contributed by atoms with E-state index in [-0.39, 0.29) is 30.3 Å². The van der Waals surface area contributed by atoms with Crippen molar-refractivity contribution in [1.82, 2.24) is 19.1 Å². The molecule has 1 aliphatic rings. The first-order chi connectivity index (χ1) is 12.0. The lowest BCUT2D eigenvalue weighted by Crippen LogP contribution is -2.36. The highest BCUT2D eigenvalue weighted by atomic mass is 16.6. The smallest absolute Gasteiger partial charge is 0.282 e. The van der Waals surface area contributed by atoms with E-state index in [0.717, 1.165) is 0 Å². The van der Waals surface area contributed by atoms with E-state index in [9.17, 15) is 15.0 Å². The summed E-state index contributed by atoms with van der Waals surface area (Å²) in [5, 5.41) is 19.7. The monoisotopic (exact) mass is 355 g/mol. The number of fused-ring (bicyclic) bond motifs is 1. The van der Waals surface area contributed by atoms with Gasteiger partial charge in [0.1, 0.15) is 18.3 Å². The third kappa shape index (κ3) is 3.00. The van der Waals surface area contributed by atoms with Crippen LogP contribution in [0.5, 0.6) is 0 Å². The molecule has 11 nitrogen and oxygen atoms in total. The Labute approximate surface area is 142 Å². The molecule has 3 heterocycles. The molecule has 0 spiro atoms. The third-order valence-corrected chi connectivity index (χ3v) is 4.20. The van der Waals surface area contributed by atoms with Crippen LogP contribution in [0.4, 0.5) is 5.95 Å². The van der Waals surface area contributed by atoms with Crippen LogP contribution in [0.25, 0.3) is 11.2 Å². The average molecular weight is 355 g/mol. The molecule has 0 bridgehead atoms. The second-order valence-corrected chi connectivity index (χ2v) is 5.72. The fraction of sp³-hybridized carbons (Fsp3) is 0.643. The van der Waals surface area contributed by atoms with Crippen molar-refractivity contribution in [2.45, 2.75) is 24.5 Å². The molecule has 4 atom stereocenters. The quantitative estimate of drug-likeness (QED) is 0.500. The van der Waals surface area contributed by atoms with E-state index in [1.165, 1.54) is 29.6 Å². The Hall–Kier alpha value is -2.05. The normalized spacial score (nSPS) is 26.6. The summed E-state index contributed by atoms with van der Waals surface area (Å²) in [5.74, 6) is 0.0216. The van der Waals surface area contributed by atoms with Crippen LogP contribution in [0.3, 0.4) is 0 Å². The number of imidazole rings is 1. The molecule has 25 heavy (non-hydrogen) atoms. The molecule has 0 saturated carbocycles. The zero-order valence-corrected chi connectivity index (χ0v) is 13.9. The van der Waals surface area contributed by atoms with Crippen molar-refractivity contribution < 1.29 is 24.4 Å². The van der Waals surface area contributed by atoms with Crippen molar-refractivity contribution in [2.75, 3.05) is 32.7 Å². The largest absolute Gasteiger partial charge is 0.394 e. The predicted octanol–water partition coefficient (Wildman–Crippen LogP) is -2.01. The van der Waals surface area contributed by atoms with Crippen LogP contribution >= 0.6 is 0 Å². The first kappa shape index (κ1) is 17.8. The Morgan fingerprint density at radius 3 is 2.88 bits per heavy atom. The van der Waals surface area contributed by atoms with Gasteiger partial charge in [0.2, 0.25) is 5.95 Å². The van der Waals surface area contributed by atoms with Gasteiger partial charge in [-0.3, -0.25) is 13.9 Å². The molecule has 11 heteroatoms. The van der Waals surface area contributed by atoms with E-state index in [1.54, 1.807) is 0 Å². The van der Waals surface area contributed by atoms with E-state index >= 15 is 0 Å². The van der Waals surface area contributed by atoms with Gasteiger partial charge >= 0.3 is 0 Å². The van der Waals surface area contributed by atoms with Crippen LogP contribution in [0.15, 0.2) is 11.1 Å². The summed E-state index contributed by atoms with van der Waals surface area (Å²) in [6.07, 6.45) is -2.14. The van der Waals surface area contributed by atoms with Gasteiger partial charge in [-0.2, -0.15) is 4.98 Å². The summed E-state index contributed by atoms with van der Waals surface area (Å²) in [7, 11) is 3.03. The Balaban J connectivity index is 2.01. The third-order valence-electron chi connectivity index (χ3n) is 4.20. The number of ether oxygens (including phenoxy) is 3. The van der Waals surface area contributed by atoms with Gasteiger partial charge in [-0.05, 0) is 0 Å². The molecule has 0 amide bonds. The molecule has 2 aromatic heterocycles. The van der Waals surface area contributed by atoms with Gasteiger partial charge in [-0.25, -0.2) is 4.98 Å². The van der Waals surface area contributed by atoms with E-state index in [0.29, 0.717) is 6.61 Å². The van der Waals surface area contributed by atoms with Crippen LogP contribution in [0.1, 0.15) is 6.23 Å². The summed E-state index contributed by atoms with van der Waals surface area (Å²) >= 11 is 0. The fourth-order valence-corrected chi connectivity index (χ4v) is 2.79. The first-order valence-electron chi connectivity index (χ1n) is 7.73. The Morgan fingerprint density at radius 1 is 1.44 bits per heavy atom. The topological polar surface area (TPSA) is 147 Å². The SMILES string of the molecule is COCCO[C@@H]1[C@H](O)[C@@H](CO)O[C@H]1n1cnc2c(=O)n(C)c(N)nc21. The number of hydrogen-bond donors (Lipinski definition) is 3. The van der Waals surface area contributed by atoms with Crippen LogP contribution in [-0.4, -0.2) is 74.6 Å². The standard InChI is InChI=1S/C14H21N5O6/c1-18-12(22)8-11(17-14(18)15)19(6-16-8)13-10(24-4-3-23-2)9(21)7(5-20)25-13/h6-7,9-10,13,20-21H,3-5H2,1-2H3,(H2,15,17)/t7-,9-,10-,13-/m1/s1. The van der Waals surface area contributed by atoms with Gasteiger partial charge in [0.05, 0.1) is 26.1 Å². The number of rotatable bonds is 6. The van der Waals surface area contributed by atoms with E-state index in [1.807, 2.05) is 0 Å². The number of anilines is 1. The minimum atomic E-state index is -1.06. The zero-order valence-electron chi connectivity index (χ0n) is 13.9. The molecule has 4 N–H and O–H groups in total. The minimum Gasteiger partial charge on any atom is -0.394 e. The molecule has 1 fully saturated rings. The Kier molecular flexibility index (Phi) is 5.01. The zero-order chi connectivity index (χ0) is 18.1. The summed E-state index contributed by atoms with van der Waals surface area (Å²) in [6, 6.07) is 0. The van der Waals surface area contributed by atoms with Crippen LogP contribution in [0.2, 0.25) is 0 Å². The van der Waals surface area contributed by atoms with Gasteiger partial charge in [0, 0.05) is 14.2 Å². The molecule has 1 saturated heterocycles. The number of nitrogens with two attached hydrogens (primary N) is 1. The van der Waals surface area contributed by atoms with Gasteiger partial charge < -0.3 is 30.2 Å². The number of methoxy groups -OCH3 is 1. The molecule has 1 aliphatic heterocycles. The van der Waals surface area contributed by atoms with Crippen molar-refractivity contribution in [1.29, 1.82) is 0 Å². The Morgan fingerprint density at radius 2 is 2.20 bits per heavy atom. The number of nitrogen functional groups attached to an aromatic ring is 1. The van der Waals surface area contributed by atoms with Crippen molar-refractivity contribution in [3.8, 4) is 0 Å². The van der Waals surface area contributed by atoms with Crippen LogP contribution in [-0.2, 0) is 21.3 Å². The predicted molar refractivity (Wildman–Crippen MR) is 85.8 cm³/mol. The number of hydrogen-bond acceptors (Lipinski definition) is 9. The lowest BCUT2D eigenvalue weighted by molar-refractivity contribution is -0.0785. The highest BCUT2D eigenvalue weighted by molar-refractivity contribution is 5.71. The van der Waals surface area contributed by atoms with Gasteiger partial charge in [-0.15, -0.1) is 0 Å². The molecule has 138 valence electrons. The maximum Gasteiger partial charge on any atom is 0.282 e. The van der Waals surface area contributed by atoms with E-state index < -0.39 is 30.1 Å². The lowest BCUT2D eigenvalue weighted by Gasteiger charge is -2.22. The molecular weight excluding hydrogens is 334 g/mol. The first-order valence-corrected chi connectivity index (χ1v) is 7.73. The molecule has 0 aliphatic carbocycles. The summed E-state index contributed by atoms with van der Waals surface area (Å²) < 4.78 is 19.0. The molecule has 3 rings (SSSR count). The summed E-state index contributed by atoms with van der Waals surface area (Å²) in [5.41, 5.74) is 5.71. The maximum absolute atomic E-state index is 12.2. The molecule has 2 aromatic rings. The van der Waals surface area contributed by atoms with E-state index in [2.05, 4.69) is 9.97 Å². The van der Waals surface area contributed by atoms with Crippen molar-refractivity contribution in [2.24, 2.45) is 7.05 Å². The minimum absolute atomic E-state index is 0.0216. The molecular formula is C14H21N5O6. The highest BCUT2D eigenvalue weighted by Crippen LogP contribution is 2.33. The molecule has 0 radical (unpaired) electrons. The fourth-order valence-electron chi connectivity index (χ4n) is 2.79. The maximum atomic E-state index is 12.2. The van der Waals surface area contributed by atoms with Crippen LogP contribution < -0.4 is 11.3 Å². The molecule has 0 unspecified atom stereocenters. The summed E-state index contributed by atoms with van der Waals surface area (Å²) in [6.45, 7) is 0.169. The van der Waals surface area contributed by atoms with Crippen LogP contribution in [0, 0.1) is 0 Å². The number of nitrogens with zero attached hydrogens (tertiary/aromatic N) is 4. The highest BCUT2D eigenvalue weighted by Gasteiger charge is 2.45. The van der Waals surface area contributed by atoms with Crippen molar-refractivity contribution >= 4 is 17.1 Å². The average Bonchev–Trinajstić information content (AvgIpc) is 3.14. The Bertz CT molecular complexity index is 805. The number of aromatic nitrogens is 4. The molecule has 0 aromatic carbocycles. The van der Waals surface area contributed by atoms with Crippen molar-refractivity contribution in [3.05, 3.63) is 16.7 Å².